The molecule has 4 heteroatoms. The van der Waals surface area contributed by atoms with Crippen molar-refractivity contribution in [3.8, 4) is 17.6 Å². The lowest BCUT2D eigenvalue weighted by atomic mass is 10.2. The fourth-order valence-corrected chi connectivity index (χ4v) is 1.87. The van der Waals surface area contributed by atoms with Gasteiger partial charge in [0.15, 0.2) is 5.75 Å². The first-order valence-electron chi connectivity index (χ1n) is 5.34. The maximum Gasteiger partial charge on any atom is 0.151 e. The first kappa shape index (κ1) is 12.5. The van der Waals surface area contributed by atoms with Gasteiger partial charge in [-0.05, 0) is 36.8 Å². The lowest BCUT2D eigenvalue weighted by molar-refractivity contribution is 0.481. The molecule has 0 unspecified atom stereocenters. The van der Waals surface area contributed by atoms with Gasteiger partial charge in [-0.3, -0.25) is 0 Å². The Bertz CT molecular complexity index is 632. The molecule has 0 aliphatic carbocycles. The molecule has 0 bridgehead atoms. The van der Waals surface area contributed by atoms with E-state index in [-0.39, 0.29) is 0 Å². The molecular weight excluding hydrogens is 292 g/mol. The maximum atomic E-state index is 8.91. The van der Waals surface area contributed by atoms with Crippen LogP contribution in [-0.4, -0.2) is 0 Å². The van der Waals surface area contributed by atoms with Crippen LogP contribution in [0.4, 0.5) is 5.69 Å². The molecule has 2 aromatic rings. The third-order valence-electron chi connectivity index (χ3n) is 2.56. The molecule has 0 aromatic heterocycles. The summed E-state index contributed by atoms with van der Waals surface area (Å²) in [5.74, 6) is 1.21. The SMILES string of the molecule is Cc1ccc(Br)cc1Oc1cccc(C#N)c1N. The minimum Gasteiger partial charge on any atom is -0.455 e. The molecular formula is C14H11BrN2O. The summed E-state index contributed by atoms with van der Waals surface area (Å²) in [4.78, 5) is 0. The van der Waals surface area contributed by atoms with Gasteiger partial charge >= 0.3 is 0 Å². The Morgan fingerprint density at radius 1 is 1.22 bits per heavy atom. The van der Waals surface area contributed by atoms with Crippen molar-refractivity contribution in [1.29, 1.82) is 5.26 Å². The number of ether oxygens (including phenoxy) is 1. The van der Waals surface area contributed by atoms with E-state index in [2.05, 4.69) is 15.9 Å². The number of nitrogen functional groups attached to an aromatic ring is 1. The monoisotopic (exact) mass is 302 g/mol. The molecule has 0 radical (unpaired) electrons. The van der Waals surface area contributed by atoms with Gasteiger partial charge in [-0.1, -0.05) is 28.1 Å². The number of aryl methyl sites for hydroxylation is 1. The highest BCUT2D eigenvalue weighted by atomic mass is 79.9. The Hall–Kier alpha value is -1.99. The molecule has 0 heterocycles. The van der Waals surface area contributed by atoms with Gasteiger partial charge < -0.3 is 10.5 Å². The van der Waals surface area contributed by atoms with Crippen molar-refractivity contribution in [2.24, 2.45) is 0 Å². The molecule has 18 heavy (non-hydrogen) atoms. The number of para-hydroxylation sites is 1. The second-order valence-corrected chi connectivity index (χ2v) is 4.76. The van der Waals surface area contributed by atoms with E-state index in [4.69, 9.17) is 15.7 Å². The number of halogens is 1. The van der Waals surface area contributed by atoms with Gasteiger partial charge in [-0.15, -0.1) is 0 Å². The molecule has 0 saturated carbocycles. The zero-order valence-corrected chi connectivity index (χ0v) is 11.4. The van der Waals surface area contributed by atoms with Crippen molar-refractivity contribution in [2.75, 3.05) is 5.73 Å². The first-order chi connectivity index (χ1) is 8.61. The minimum atomic E-state index is 0.361. The van der Waals surface area contributed by atoms with Crippen molar-refractivity contribution < 1.29 is 4.74 Å². The van der Waals surface area contributed by atoms with Gasteiger partial charge in [0.1, 0.15) is 11.8 Å². The molecule has 2 rings (SSSR count). The average molecular weight is 303 g/mol. The number of nitrogens with zero attached hydrogens (tertiary/aromatic N) is 1. The molecule has 90 valence electrons. The average Bonchev–Trinajstić information content (AvgIpc) is 2.36. The van der Waals surface area contributed by atoms with Gasteiger partial charge in [0.05, 0.1) is 11.3 Å². The summed E-state index contributed by atoms with van der Waals surface area (Å²) in [5.41, 5.74) is 7.65. The molecule has 0 aliphatic heterocycles. The van der Waals surface area contributed by atoms with E-state index < -0.39 is 0 Å². The smallest absolute Gasteiger partial charge is 0.151 e. The molecule has 0 saturated heterocycles. The van der Waals surface area contributed by atoms with Crippen molar-refractivity contribution in [3.05, 3.63) is 52.0 Å². The Morgan fingerprint density at radius 2 is 2.00 bits per heavy atom. The summed E-state index contributed by atoms with van der Waals surface area (Å²) in [6.07, 6.45) is 0. The van der Waals surface area contributed by atoms with Crippen LogP contribution in [0, 0.1) is 18.3 Å². The third-order valence-corrected chi connectivity index (χ3v) is 3.05. The summed E-state index contributed by atoms with van der Waals surface area (Å²) >= 11 is 3.39. The van der Waals surface area contributed by atoms with Gasteiger partial charge in [-0.25, -0.2) is 0 Å². The molecule has 2 N–H and O–H groups in total. The van der Waals surface area contributed by atoms with Crippen LogP contribution >= 0.6 is 15.9 Å². The van der Waals surface area contributed by atoms with Crippen LogP contribution in [0.25, 0.3) is 0 Å². The van der Waals surface area contributed by atoms with Crippen LogP contribution in [0.15, 0.2) is 40.9 Å². The highest BCUT2D eigenvalue weighted by Crippen LogP contribution is 2.32. The lowest BCUT2D eigenvalue weighted by Gasteiger charge is -2.11. The van der Waals surface area contributed by atoms with Crippen molar-refractivity contribution in [2.45, 2.75) is 6.92 Å². The third kappa shape index (κ3) is 2.47. The van der Waals surface area contributed by atoms with E-state index in [0.29, 0.717) is 22.7 Å². The summed E-state index contributed by atoms with van der Waals surface area (Å²) < 4.78 is 6.69. The Kier molecular flexibility index (Phi) is 3.54. The number of rotatable bonds is 2. The van der Waals surface area contributed by atoms with Crippen LogP contribution in [0.3, 0.4) is 0 Å². The predicted octanol–water partition coefficient (Wildman–Crippen LogP) is 4.00. The second kappa shape index (κ2) is 5.11. The molecule has 2 aromatic carbocycles. The van der Waals surface area contributed by atoms with Crippen LogP contribution in [0.5, 0.6) is 11.5 Å². The zero-order chi connectivity index (χ0) is 13.1. The summed E-state index contributed by atoms with van der Waals surface area (Å²) in [5, 5.41) is 8.91. The highest BCUT2D eigenvalue weighted by molar-refractivity contribution is 9.10. The highest BCUT2D eigenvalue weighted by Gasteiger charge is 2.08. The van der Waals surface area contributed by atoms with Crippen molar-refractivity contribution in [3.63, 3.8) is 0 Å². The van der Waals surface area contributed by atoms with Crippen molar-refractivity contribution >= 4 is 21.6 Å². The van der Waals surface area contributed by atoms with Gasteiger partial charge in [0.25, 0.3) is 0 Å². The van der Waals surface area contributed by atoms with E-state index in [9.17, 15) is 0 Å². The van der Waals surface area contributed by atoms with Crippen molar-refractivity contribution in [1.82, 2.24) is 0 Å². The molecule has 0 amide bonds. The van der Waals surface area contributed by atoms with E-state index in [1.807, 2.05) is 31.2 Å². The molecule has 3 nitrogen and oxygen atoms in total. The second-order valence-electron chi connectivity index (χ2n) is 3.84. The van der Waals surface area contributed by atoms with E-state index in [0.717, 1.165) is 10.0 Å². The van der Waals surface area contributed by atoms with Crippen LogP contribution in [0.2, 0.25) is 0 Å². The van der Waals surface area contributed by atoms with E-state index in [1.54, 1.807) is 18.2 Å². The van der Waals surface area contributed by atoms with Crippen LogP contribution in [-0.2, 0) is 0 Å². The quantitative estimate of drug-likeness (QED) is 0.853. The van der Waals surface area contributed by atoms with Crippen LogP contribution in [0.1, 0.15) is 11.1 Å². The number of benzene rings is 2. The van der Waals surface area contributed by atoms with E-state index >= 15 is 0 Å². The minimum absolute atomic E-state index is 0.361. The van der Waals surface area contributed by atoms with Gasteiger partial charge in [0.2, 0.25) is 0 Å². The Morgan fingerprint density at radius 3 is 2.72 bits per heavy atom. The van der Waals surface area contributed by atoms with E-state index in [1.165, 1.54) is 0 Å². The fourth-order valence-electron chi connectivity index (χ4n) is 1.53. The summed E-state index contributed by atoms with van der Waals surface area (Å²) in [6, 6.07) is 12.9. The molecule has 0 aliphatic rings. The maximum absolute atomic E-state index is 8.91. The number of hydrogen-bond acceptors (Lipinski definition) is 3. The molecule has 0 fully saturated rings. The first-order valence-corrected chi connectivity index (χ1v) is 6.13. The fraction of sp³-hybridized carbons (Fsp3) is 0.0714. The molecule has 0 atom stereocenters. The Labute approximate surface area is 114 Å². The standard InChI is InChI=1S/C14H11BrN2O/c1-9-5-6-11(15)7-13(9)18-12-4-2-3-10(8-16)14(12)17/h2-7H,17H2,1H3. The van der Waals surface area contributed by atoms with Crippen LogP contribution < -0.4 is 10.5 Å². The summed E-state index contributed by atoms with van der Waals surface area (Å²) in [7, 11) is 0. The number of hydrogen-bond donors (Lipinski definition) is 1. The predicted molar refractivity (Wildman–Crippen MR) is 74.5 cm³/mol. The number of nitriles is 1. The number of nitrogens with two attached hydrogens (primary N) is 1. The van der Waals surface area contributed by atoms with Gasteiger partial charge in [0, 0.05) is 4.47 Å². The topological polar surface area (TPSA) is 59.0 Å². The lowest BCUT2D eigenvalue weighted by Crippen LogP contribution is -1.96. The summed E-state index contributed by atoms with van der Waals surface area (Å²) in [6.45, 7) is 1.95. The zero-order valence-electron chi connectivity index (χ0n) is 9.77. The van der Waals surface area contributed by atoms with Gasteiger partial charge in [-0.2, -0.15) is 5.26 Å². The number of anilines is 1. The largest absolute Gasteiger partial charge is 0.455 e. The molecule has 0 spiro atoms. The Balaban J connectivity index is 2.41. The normalized spacial score (nSPS) is 9.83.